The highest BCUT2D eigenvalue weighted by Gasteiger charge is 2.33. The third-order valence-corrected chi connectivity index (χ3v) is 1.94. The molecule has 1 aliphatic rings. The van der Waals surface area contributed by atoms with Crippen molar-refractivity contribution in [3.05, 3.63) is 0 Å². The largest absolute Gasteiger partial charge is 0.481 e. The van der Waals surface area contributed by atoms with Gasteiger partial charge in [-0.2, -0.15) is 0 Å². The minimum atomic E-state index is -1.32. The van der Waals surface area contributed by atoms with E-state index in [1.165, 1.54) is 0 Å². The third-order valence-electron chi connectivity index (χ3n) is 1.94. The molecule has 14 heavy (non-hydrogen) atoms. The monoisotopic (exact) mass is 201 g/mol. The van der Waals surface area contributed by atoms with Gasteiger partial charge in [0.15, 0.2) is 0 Å². The average Bonchev–Trinajstić information content (AvgIpc) is 2.83. The van der Waals surface area contributed by atoms with Crippen LogP contribution < -0.4 is 5.32 Å². The molecule has 1 amide bonds. The minimum Gasteiger partial charge on any atom is -0.481 e. The molecule has 1 atom stereocenters. The molecule has 6 heteroatoms. The molecule has 1 fully saturated rings. The van der Waals surface area contributed by atoms with Crippen LogP contribution in [0.5, 0.6) is 0 Å². The molecule has 0 bridgehead atoms. The van der Waals surface area contributed by atoms with Crippen molar-refractivity contribution >= 4 is 17.8 Å². The Bertz CT molecular complexity index is 271. The highest BCUT2D eigenvalue weighted by Crippen LogP contribution is 2.28. The van der Waals surface area contributed by atoms with Gasteiger partial charge < -0.3 is 15.5 Å². The standard InChI is InChI=1S/C8H11NO5/c10-6(11)3-5(8(13)14)9-7(12)4-1-2-4/h4-5H,1-3H2,(H,9,12)(H,10,11)(H,13,14)/t5-/m0/s1. The highest BCUT2D eigenvalue weighted by atomic mass is 16.4. The second-order valence-electron chi connectivity index (χ2n) is 3.27. The molecule has 3 N–H and O–H groups in total. The van der Waals surface area contributed by atoms with Crippen LogP contribution in [-0.2, 0) is 14.4 Å². The Kier molecular flexibility index (Phi) is 3.06. The number of carbonyl (C=O) groups excluding carboxylic acids is 1. The molecule has 0 radical (unpaired) electrons. The van der Waals surface area contributed by atoms with Crippen molar-refractivity contribution in [1.29, 1.82) is 0 Å². The van der Waals surface area contributed by atoms with E-state index in [-0.39, 0.29) is 11.8 Å². The third kappa shape index (κ3) is 3.04. The van der Waals surface area contributed by atoms with Crippen LogP contribution in [0.4, 0.5) is 0 Å². The summed E-state index contributed by atoms with van der Waals surface area (Å²) in [6, 6.07) is -1.32. The molecule has 0 unspecified atom stereocenters. The Morgan fingerprint density at radius 1 is 1.29 bits per heavy atom. The Hall–Kier alpha value is -1.59. The first kappa shape index (κ1) is 10.5. The Morgan fingerprint density at radius 2 is 1.86 bits per heavy atom. The van der Waals surface area contributed by atoms with Crippen molar-refractivity contribution in [2.24, 2.45) is 5.92 Å². The molecule has 1 rings (SSSR count). The van der Waals surface area contributed by atoms with Gasteiger partial charge in [-0.1, -0.05) is 0 Å². The zero-order valence-corrected chi connectivity index (χ0v) is 7.40. The fourth-order valence-electron chi connectivity index (χ4n) is 1.01. The first-order valence-corrected chi connectivity index (χ1v) is 4.25. The topological polar surface area (TPSA) is 104 Å². The molecule has 0 aromatic rings. The summed E-state index contributed by atoms with van der Waals surface area (Å²) in [6.07, 6.45) is 0.921. The summed E-state index contributed by atoms with van der Waals surface area (Å²) in [5.41, 5.74) is 0. The number of rotatable bonds is 5. The Morgan fingerprint density at radius 3 is 2.21 bits per heavy atom. The summed E-state index contributed by atoms with van der Waals surface area (Å²) in [5.74, 6) is -3.04. The van der Waals surface area contributed by atoms with Gasteiger partial charge in [0.05, 0.1) is 6.42 Å². The lowest BCUT2D eigenvalue weighted by atomic mass is 10.2. The van der Waals surface area contributed by atoms with Gasteiger partial charge in [0.1, 0.15) is 6.04 Å². The van der Waals surface area contributed by atoms with E-state index in [1.54, 1.807) is 0 Å². The summed E-state index contributed by atoms with van der Waals surface area (Å²) in [6.45, 7) is 0. The normalized spacial score (nSPS) is 17.1. The van der Waals surface area contributed by atoms with Crippen molar-refractivity contribution in [3.8, 4) is 0 Å². The first-order valence-electron chi connectivity index (χ1n) is 4.25. The number of carbonyl (C=O) groups is 3. The second-order valence-corrected chi connectivity index (χ2v) is 3.27. The molecule has 1 aliphatic carbocycles. The van der Waals surface area contributed by atoms with E-state index in [2.05, 4.69) is 5.32 Å². The zero-order valence-electron chi connectivity index (χ0n) is 7.40. The number of hydrogen-bond acceptors (Lipinski definition) is 3. The zero-order chi connectivity index (χ0) is 10.7. The van der Waals surface area contributed by atoms with E-state index in [0.29, 0.717) is 0 Å². The van der Waals surface area contributed by atoms with Gasteiger partial charge in [-0.3, -0.25) is 9.59 Å². The van der Waals surface area contributed by atoms with Gasteiger partial charge >= 0.3 is 11.9 Å². The van der Waals surface area contributed by atoms with Crippen LogP contribution in [0, 0.1) is 5.92 Å². The molecule has 0 aromatic heterocycles. The molecule has 0 aromatic carbocycles. The van der Waals surface area contributed by atoms with Crippen LogP contribution in [0.3, 0.4) is 0 Å². The molecule has 0 heterocycles. The molecular weight excluding hydrogens is 190 g/mol. The van der Waals surface area contributed by atoms with Crippen molar-refractivity contribution in [2.45, 2.75) is 25.3 Å². The molecule has 0 aliphatic heterocycles. The maximum atomic E-state index is 11.1. The van der Waals surface area contributed by atoms with E-state index in [4.69, 9.17) is 10.2 Å². The van der Waals surface area contributed by atoms with Gasteiger partial charge in [0, 0.05) is 5.92 Å². The summed E-state index contributed by atoms with van der Waals surface area (Å²) in [5, 5.41) is 19.2. The van der Waals surface area contributed by atoms with Crippen LogP contribution in [0.1, 0.15) is 19.3 Å². The van der Waals surface area contributed by atoms with Crippen LogP contribution >= 0.6 is 0 Å². The number of nitrogens with one attached hydrogen (secondary N) is 1. The van der Waals surface area contributed by atoms with Crippen LogP contribution in [-0.4, -0.2) is 34.1 Å². The van der Waals surface area contributed by atoms with E-state index >= 15 is 0 Å². The fraction of sp³-hybridized carbons (Fsp3) is 0.625. The minimum absolute atomic E-state index is 0.120. The lowest BCUT2D eigenvalue weighted by Crippen LogP contribution is -2.42. The van der Waals surface area contributed by atoms with Crippen molar-refractivity contribution < 1.29 is 24.6 Å². The number of carboxylic acid groups (broad SMARTS) is 2. The summed E-state index contributed by atoms with van der Waals surface area (Å²) in [7, 11) is 0. The number of carboxylic acids is 2. The smallest absolute Gasteiger partial charge is 0.326 e. The van der Waals surface area contributed by atoms with Gasteiger partial charge in [-0.05, 0) is 12.8 Å². The average molecular weight is 201 g/mol. The van der Waals surface area contributed by atoms with Crippen LogP contribution in [0.25, 0.3) is 0 Å². The number of hydrogen-bond donors (Lipinski definition) is 3. The quantitative estimate of drug-likeness (QED) is 0.553. The van der Waals surface area contributed by atoms with E-state index < -0.39 is 24.4 Å². The van der Waals surface area contributed by atoms with E-state index in [1.807, 2.05) is 0 Å². The summed E-state index contributed by atoms with van der Waals surface area (Å²) >= 11 is 0. The second kappa shape index (κ2) is 4.08. The number of amides is 1. The Labute approximate surface area is 79.9 Å². The molecule has 0 saturated heterocycles. The van der Waals surface area contributed by atoms with Gasteiger partial charge in [0.2, 0.25) is 5.91 Å². The summed E-state index contributed by atoms with van der Waals surface area (Å²) in [4.78, 5) is 31.9. The lowest BCUT2D eigenvalue weighted by Gasteiger charge is -2.11. The van der Waals surface area contributed by atoms with Crippen LogP contribution in [0.15, 0.2) is 0 Å². The molecule has 6 nitrogen and oxygen atoms in total. The highest BCUT2D eigenvalue weighted by molar-refractivity contribution is 5.88. The van der Waals surface area contributed by atoms with Crippen molar-refractivity contribution in [2.75, 3.05) is 0 Å². The van der Waals surface area contributed by atoms with Gasteiger partial charge in [-0.25, -0.2) is 4.79 Å². The van der Waals surface area contributed by atoms with Gasteiger partial charge in [-0.15, -0.1) is 0 Å². The molecule has 0 spiro atoms. The van der Waals surface area contributed by atoms with E-state index in [0.717, 1.165) is 12.8 Å². The predicted octanol–water partition coefficient (Wildman–Crippen LogP) is -0.559. The maximum absolute atomic E-state index is 11.1. The van der Waals surface area contributed by atoms with Crippen molar-refractivity contribution in [3.63, 3.8) is 0 Å². The Balaban J connectivity index is 2.45. The van der Waals surface area contributed by atoms with Gasteiger partial charge in [0.25, 0.3) is 0 Å². The van der Waals surface area contributed by atoms with Crippen LogP contribution in [0.2, 0.25) is 0 Å². The first-order chi connectivity index (χ1) is 6.50. The molecule has 1 saturated carbocycles. The SMILES string of the molecule is O=C(O)C[C@H](NC(=O)C1CC1)C(=O)O. The summed E-state index contributed by atoms with van der Waals surface area (Å²) < 4.78 is 0. The maximum Gasteiger partial charge on any atom is 0.326 e. The molecular formula is C8H11NO5. The predicted molar refractivity (Wildman–Crippen MR) is 44.5 cm³/mol. The van der Waals surface area contributed by atoms with Crippen molar-refractivity contribution in [1.82, 2.24) is 5.32 Å². The van der Waals surface area contributed by atoms with E-state index in [9.17, 15) is 14.4 Å². The molecule has 78 valence electrons. The number of aliphatic carboxylic acids is 2. The lowest BCUT2D eigenvalue weighted by molar-refractivity contribution is -0.147. The fourth-order valence-corrected chi connectivity index (χ4v) is 1.01.